The fourth-order valence-electron chi connectivity index (χ4n) is 2.35. The van der Waals surface area contributed by atoms with Gasteiger partial charge in [-0.3, -0.25) is 4.90 Å². The second-order valence-electron chi connectivity index (χ2n) is 5.16. The standard InChI is InChI=1S/C17H20Cl2N2/c1-2-9-21(12-14-5-3-4-6-17(14)20)11-13-7-8-15(18)16(19)10-13/h3-8,10H,2,9,11-12,20H2,1H3. The molecule has 2 rings (SSSR count). The number of hydrogen-bond acceptors (Lipinski definition) is 2. The van der Waals surface area contributed by atoms with Crippen molar-refractivity contribution in [3.8, 4) is 0 Å². The minimum atomic E-state index is 0.592. The molecule has 2 nitrogen and oxygen atoms in total. The lowest BCUT2D eigenvalue weighted by Crippen LogP contribution is -2.24. The van der Waals surface area contributed by atoms with Gasteiger partial charge in [-0.2, -0.15) is 0 Å². The molecule has 21 heavy (non-hydrogen) atoms. The number of para-hydroxylation sites is 1. The molecule has 0 radical (unpaired) electrons. The minimum Gasteiger partial charge on any atom is -0.398 e. The smallest absolute Gasteiger partial charge is 0.0595 e. The summed E-state index contributed by atoms with van der Waals surface area (Å²) in [7, 11) is 0. The van der Waals surface area contributed by atoms with Crippen LogP contribution in [0, 0.1) is 0 Å². The molecule has 0 aromatic heterocycles. The fraction of sp³-hybridized carbons (Fsp3) is 0.294. The third-order valence-corrected chi connectivity index (χ3v) is 4.12. The van der Waals surface area contributed by atoms with E-state index in [2.05, 4.69) is 17.9 Å². The van der Waals surface area contributed by atoms with Crippen molar-refractivity contribution in [2.24, 2.45) is 0 Å². The Morgan fingerprint density at radius 1 is 1.00 bits per heavy atom. The van der Waals surface area contributed by atoms with Crippen molar-refractivity contribution < 1.29 is 0 Å². The van der Waals surface area contributed by atoms with E-state index in [0.717, 1.165) is 42.9 Å². The average Bonchev–Trinajstić information content (AvgIpc) is 2.46. The number of benzene rings is 2. The molecule has 0 aliphatic heterocycles. The second-order valence-corrected chi connectivity index (χ2v) is 5.97. The zero-order valence-electron chi connectivity index (χ0n) is 12.2. The largest absolute Gasteiger partial charge is 0.398 e. The first kappa shape index (κ1) is 16.2. The average molecular weight is 323 g/mol. The van der Waals surface area contributed by atoms with Crippen molar-refractivity contribution in [3.05, 3.63) is 63.6 Å². The van der Waals surface area contributed by atoms with Crippen LogP contribution in [0.5, 0.6) is 0 Å². The lowest BCUT2D eigenvalue weighted by Gasteiger charge is -2.23. The van der Waals surface area contributed by atoms with Crippen LogP contribution in [0.4, 0.5) is 5.69 Å². The van der Waals surface area contributed by atoms with Crippen LogP contribution >= 0.6 is 23.2 Å². The van der Waals surface area contributed by atoms with Crippen LogP contribution in [0.2, 0.25) is 10.0 Å². The van der Waals surface area contributed by atoms with E-state index in [-0.39, 0.29) is 0 Å². The van der Waals surface area contributed by atoms with Gasteiger partial charge in [0.1, 0.15) is 0 Å². The number of nitrogen functional groups attached to an aromatic ring is 1. The topological polar surface area (TPSA) is 29.3 Å². The van der Waals surface area contributed by atoms with Gasteiger partial charge in [-0.05, 0) is 42.3 Å². The summed E-state index contributed by atoms with van der Waals surface area (Å²) in [5.41, 5.74) is 9.20. The third-order valence-electron chi connectivity index (χ3n) is 3.38. The molecule has 0 saturated carbocycles. The van der Waals surface area contributed by atoms with Crippen LogP contribution < -0.4 is 5.73 Å². The monoisotopic (exact) mass is 322 g/mol. The molecule has 0 heterocycles. The van der Waals surface area contributed by atoms with Crippen LogP contribution in [0.15, 0.2) is 42.5 Å². The first-order valence-corrected chi connectivity index (χ1v) is 7.85. The molecule has 0 aliphatic rings. The summed E-state index contributed by atoms with van der Waals surface area (Å²) in [4.78, 5) is 2.37. The van der Waals surface area contributed by atoms with E-state index in [9.17, 15) is 0 Å². The summed E-state index contributed by atoms with van der Waals surface area (Å²) >= 11 is 12.1. The zero-order valence-corrected chi connectivity index (χ0v) is 13.7. The van der Waals surface area contributed by atoms with Crippen LogP contribution in [-0.2, 0) is 13.1 Å². The summed E-state index contributed by atoms with van der Waals surface area (Å²) in [5.74, 6) is 0. The van der Waals surface area contributed by atoms with Crippen LogP contribution in [0.1, 0.15) is 24.5 Å². The Bertz CT molecular complexity index is 599. The molecule has 0 bridgehead atoms. The number of hydrogen-bond donors (Lipinski definition) is 1. The molecule has 0 saturated heterocycles. The van der Waals surface area contributed by atoms with Gasteiger partial charge in [-0.15, -0.1) is 0 Å². The zero-order chi connectivity index (χ0) is 15.2. The summed E-state index contributed by atoms with van der Waals surface area (Å²) in [6.45, 7) is 4.85. The van der Waals surface area contributed by atoms with Crippen molar-refractivity contribution in [2.75, 3.05) is 12.3 Å². The van der Waals surface area contributed by atoms with E-state index in [1.165, 1.54) is 0 Å². The Hall–Kier alpha value is -1.22. The lowest BCUT2D eigenvalue weighted by atomic mass is 10.1. The Morgan fingerprint density at radius 2 is 1.76 bits per heavy atom. The van der Waals surface area contributed by atoms with E-state index in [4.69, 9.17) is 28.9 Å². The predicted molar refractivity (Wildman–Crippen MR) is 91.7 cm³/mol. The second kappa shape index (κ2) is 7.69. The molecule has 0 amide bonds. The maximum atomic E-state index is 6.09. The van der Waals surface area contributed by atoms with E-state index >= 15 is 0 Å². The molecule has 0 fully saturated rings. The highest BCUT2D eigenvalue weighted by molar-refractivity contribution is 6.42. The molecule has 2 aromatic rings. The Balaban J connectivity index is 2.11. The molecular formula is C17H20Cl2N2. The summed E-state index contributed by atoms with van der Waals surface area (Å²) in [6.07, 6.45) is 1.09. The van der Waals surface area contributed by atoms with Crippen LogP contribution in [-0.4, -0.2) is 11.4 Å². The summed E-state index contributed by atoms with van der Waals surface area (Å²) in [5, 5.41) is 1.19. The molecule has 0 unspecified atom stereocenters. The van der Waals surface area contributed by atoms with Gasteiger partial charge in [0.15, 0.2) is 0 Å². The number of anilines is 1. The number of nitrogens with zero attached hydrogens (tertiary/aromatic N) is 1. The highest BCUT2D eigenvalue weighted by atomic mass is 35.5. The van der Waals surface area contributed by atoms with Gasteiger partial charge in [-0.1, -0.05) is 54.4 Å². The van der Waals surface area contributed by atoms with Crippen molar-refractivity contribution in [1.82, 2.24) is 4.90 Å². The van der Waals surface area contributed by atoms with Crippen LogP contribution in [0.25, 0.3) is 0 Å². The fourth-order valence-corrected chi connectivity index (χ4v) is 2.67. The Kier molecular flexibility index (Phi) is 5.92. The van der Waals surface area contributed by atoms with E-state index in [0.29, 0.717) is 10.0 Å². The Labute approximate surface area is 136 Å². The minimum absolute atomic E-state index is 0.592. The molecule has 2 aromatic carbocycles. The van der Waals surface area contributed by atoms with Crippen LogP contribution in [0.3, 0.4) is 0 Å². The maximum Gasteiger partial charge on any atom is 0.0595 e. The van der Waals surface area contributed by atoms with Gasteiger partial charge in [0.2, 0.25) is 0 Å². The molecule has 0 aliphatic carbocycles. The SMILES string of the molecule is CCCN(Cc1ccc(Cl)c(Cl)c1)Cc1ccccc1N. The molecule has 0 atom stereocenters. The molecule has 2 N–H and O–H groups in total. The number of nitrogens with two attached hydrogens (primary N) is 1. The van der Waals surface area contributed by atoms with Gasteiger partial charge in [-0.25, -0.2) is 0 Å². The predicted octanol–water partition coefficient (Wildman–Crippen LogP) is 4.99. The highest BCUT2D eigenvalue weighted by Crippen LogP contribution is 2.24. The van der Waals surface area contributed by atoms with E-state index < -0.39 is 0 Å². The molecule has 112 valence electrons. The van der Waals surface area contributed by atoms with E-state index in [1.807, 2.05) is 36.4 Å². The molecular weight excluding hydrogens is 303 g/mol. The molecule has 4 heteroatoms. The molecule has 0 spiro atoms. The van der Waals surface area contributed by atoms with Gasteiger partial charge in [0, 0.05) is 18.8 Å². The number of halogens is 2. The van der Waals surface area contributed by atoms with Gasteiger partial charge < -0.3 is 5.73 Å². The van der Waals surface area contributed by atoms with Crippen molar-refractivity contribution >= 4 is 28.9 Å². The lowest BCUT2D eigenvalue weighted by molar-refractivity contribution is 0.258. The normalized spacial score (nSPS) is 11.0. The maximum absolute atomic E-state index is 6.09. The highest BCUT2D eigenvalue weighted by Gasteiger charge is 2.09. The first-order valence-electron chi connectivity index (χ1n) is 7.09. The van der Waals surface area contributed by atoms with Crippen molar-refractivity contribution in [1.29, 1.82) is 0 Å². The Morgan fingerprint density at radius 3 is 2.43 bits per heavy atom. The van der Waals surface area contributed by atoms with Gasteiger partial charge >= 0.3 is 0 Å². The van der Waals surface area contributed by atoms with Crippen molar-refractivity contribution in [2.45, 2.75) is 26.4 Å². The first-order chi connectivity index (χ1) is 10.1. The van der Waals surface area contributed by atoms with Gasteiger partial charge in [0.25, 0.3) is 0 Å². The number of rotatable bonds is 6. The van der Waals surface area contributed by atoms with E-state index in [1.54, 1.807) is 0 Å². The van der Waals surface area contributed by atoms with Crippen molar-refractivity contribution in [3.63, 3.8) is 0 Å². The quantitative estimate of drug-likeness (QED) is 0.759. The summed E-state index contributed by atoms with van der Waals surface area (Å²) in [6, 6.07) is 13.8. The summed E-state index contributed by atoms with van der Waals surface area (Å²) < 4.78 is 0. The van der Waals surface area contributed by atoms with Gasteiger partial charge in [0.05, 0.1) is 10.0 Å². The third kappa shape index (κ3) is 4.63.